The molecule has 0 bridgehead atoms. The number of benzene rings is 1. The number of rotatable bonds is 3. The summed E-state index contributed by atoms with van der Waals surface area (Å²) in [4.78, 5) is 0. The van der Waals surface area contributed by atoms with E-state index in [1.54, 1.807) is 12.2 Å². The van der Waals surface area contributed by atoms with E-state index in [1.165, 1.54) is 6.07 Å². The Bertz CT molecular complexity index is 383. The highest BCUT2D eigenvalue weighted by Gasteiger charge is 2.30. The van der Waals surface area contributed by atoms with Crippen LogP contribution in [0.3, 0.4) is 0 Å². The molecule has 1 rings (SSSR count). The van der Waals surface area contributed by atoms with E-state index in [-0.39, 0.29) is 0 Å². The Kier molecular flexibility index (Phi) is 3.95. The van der Waals surface area contributed by atoms with Crippen LogP contribution in [0.15, 0.2) is 24.3 Å². The molecule has 0 aromatic heterocycles. The van der Waals surface area contributed by atoms with Gasteiger partial charge in [-0.1, -0.05) is 12.2 Å². The van der Waals surface area contributed by atoms with Crippen molar-refractivity contribution < 1.29 is 13.2 Å². The fourth-order valence-electron chi connectivity index (χ4n) is 1.20. The molecule has 0 spiro atoms. The van der Waals surface area contributed by atoms with Gasteiger partial charge in [0.2, 0.25) is 0 Å². The van der Waals surface area contributed by atoms with Gasteiger partial charge in [0.05, 0.1) is 5.56 Å². The Morgan fingerprint density at radius 3 is 2.50 bits per heavy atom. The van der Waals surface area contributed by atoms with E-state index < -0.39 is 11.7 Å². The minimum atomic E-state index is -4.34. The molecular weight excluding hydrogens is 217 g/mol. The van der Waals surface area contributed by atoms with E-state index in [9.17, 15) is 13.2 Å². The summed E-state index contributed by atoms with van der Waals surface area (Å²) in [5.41, 5.74) is 10.8. The van der Waals surface area contributed by atoms with Crippen LogP contribution in [0.1, 0.15) is 17.5 Å². The van der Waals surface area contributed by atoms with Gasteiger partial charge in [0.1, 0.15) is 0 Å². The van der Waals surface area contributed by atoms with Gasteiger partial charge >= 0.3 is 6.18 Å². The normalized spacial score (nSPS) is 12.2. The van der Waals surface area contributed by atoms with Gasteiger partial charge in [0, 0.05) is 5.69 Å². The molecule has 0 heterocycles. The summed E-state index contributed by atoms with van der Waals surface area (Å²) in [6.45, 7) is 0.454. The van der Waals surface area contributed by atoms with Crippen molar-refractivity contribution in [2.45, 2.75) is 12.6 Å². The summed E-state index contributed by atoms with van der Waals surface area (Å²) in [6.07, 6.45) is -0.483. The summed E-state index contributed by atoms with van der Waals surface area (Å²) in [5, 5.41) is 0. The summed E-state index contributed by atoms with van der Waals surface area (Å²) in [5.74, 6) is 0. The zero-order valence-corrected chi connectivity index (χ0v) is 8.59. The molecule has 0 amide bonds. The molecule has 88 valence electrons. The first-order valence-electron chi connectivity index (χ1n) is 4.78. The predicted molar refractivity (Wildman–Crippen MR) is 58.6 cm³/mol. The molecule has 0 aliphatic rings. The second-order valence-electron chi connectivity index (χ2n) is 3.32. The molecular formula is C11H13F3N2. The lowest BCUT2D eigenvalue weighted by molar-refractivity contribution is -0.137. The maximum absolute atomic E-state index is 12.4. The number of alkyl halides is 3. The van der Waals surface area contributed by atoms with Crippen molar-refractivity contribution in [3.63, 3.8) is 0 Å². The van der Waals surface area contributed by atoms with Crippen LogP contribution >= 0.6 is 0 Å². The molecule has 0 unspecified atom stereocenters. The second-order valence-corrected chi connectivity index (χ2v) is 3.32. The van der Waals surface area contributed by atoms with Crippen molar-refractivity contribution in [3.05, 3.63) is 35.4 Å². The van der Waals surface area contributed by atoms with Gasteiger partial charge in [-0.3, -0.25) is 0 Å². The van der Waals surface area contributed by atoms with E-state index in [2.05, 4.69) is 0 Å². The molecule has 2 nitrogen and oxygen atoms in total. The van der Waals surface area contributed by atoms with Crippen LogP contribution in [0.25, 0.3) is 6.08 Å². The molecule has 0 saturated carbocycles. The lowest BCUT2D eigenvalue weighted by atomic mass is 10.1. The molecule has 0 saturated heterocycles. The molecule has 0 radical (unpaired) electrons. The molecule has 1 aromatic carbocycles. The topological polar surface area (TPSA) is 52.0 Å². The number of nitrogen functional groups attached to an aromatic ring is 1. The van der Waals surface area contributed by atoms with Gasteiger partial charge in [-0.25, -0.2) is 0 Å². The molecule has 0 atom stereocenters. The largest absolute Gasteiger partial charge is 0.416 e. The number of hydrogen-bond acceptors (Lipinski definition) is 2. The molecule has 16 heavy (non-hydrogen) atoms. The van der Waals surface area contributed by atoms with Crippen LogP contribution in [0.4, 0.5) is 18.9 Å². The first kappa shape index (κ1) is 12.6. The number of hydrogen-bond donors (Lipinski definition) is 2. The van der Waals surface area contributed by atoms with Crippen molar-refractivity contribution in [2.75, 3.05) is 12.3 Å². The lowest BCUT2D eigenvalue weighted by Gasteiger charge is -2.08. The molecule has 0 fully saturated rings. The summed E-state index contributed by atoms with van der Waals surface area (Å²) < 4.78 is 37.2. The Morgan fingerprint density at radius 1 is 1.25 bits per heavy atom. The van der Waals surface area contributed by atoms with Crippen LogP contribution in [0, 0.1) is 0 Å². The van der Waals surface area contributed by atoms with Crippen molar-refractivity contribution in [2.24, 2.45) is 5.73 Å². The van der Waals surface area contributed by atoms with Crippen LogP contribution in [-0.2, 0) is 6.18 Å². The summed E-state index contributed by atoms with van der Waals surface area (Å²) in [7, 11) is 0. The standard InChI is InChI=1S/C11H13F3N2/c12-11(13,14)9-4-5-10(16)8(7-9)3-1-2-6-15/h1,3-5,7H,2,6,15-16H2. The van der Waals surface area contributed by atoms with Crippen molar-refractivity contribution in [1.29, 1.82) is 0 Å². The fraction of sp³-hybridized carbons (Fsp3) is 0.273. The monoisotopic (exact) mass is 230 g/mol. The molecule has 1 aromatic rings. The van der Waals surface area contributed by atoms with Crippen LogP contribution in [-0.4, -0.2) is 6.54 Å². The maximum atomic E-state index is 12.4. The zero-order chi connectivity index (χ0) is 12.2. The molecule has 0 aliphatic heterocycles. The molecule has 5 heteroatoms. The van der Waals surface area contributed by atoms with Crippen molar-refractivity contribution in [3.8, 4) is 0 Å². The van der Waals surface area contributed by atoms with Gasteiger partial charge < -0.3 is 11.5 Å². The molecule has 4 N–H and O–H groups in total. The van der Waals surface area contributed by atoms with Crippen LogP contribution in [0.5, 0.6) is 0 Å². The van der Waals surface area contributed by atoms with Crippen molar-refractivity contribution >= 4 is 11.8 Å². The lowest BCUT2D eigenvalue weighted by Crippen LogP contribution is -2.05. The van der Waals surface area contributed by atoms with Crippen molar-refractivity contribution in [1.82, 2.24) is 0 Å². The maximum Gasteiger partial charge on any atom is 0.416 e. The molecule has 0 aliphatic carbocycles. The van der Waals surface area contributed by atoms with E-state index in [0.29, 0.717) is 24.2 Å². The number of anilines is 1. The Hall–Kier alpha value is -1.49. The van der Waals surface area contributed by atoms with E-state index in [4.69, 9.17) is 11.5 Å². The summed E-state index contributed by atoms with van der Waals surface area (Å²) in [6, 6.07) is 3.25. The van der Waals surface area contributed by atoms with Crippen LogP contribution in [0.2, 0.25) is 0 Å². The minimum absolute atomic E-state index is 0.321. The van der Waals surface area contributed by atoms with E-state index >= 15 is 0 Å². The second kappa shape index (κ2) is 5.03. The quantitative estimate of drug-likeness (QED) is 0.784. The Morgan fingerprint density at radius 2 is 1.94 bits per heavy atom. The van der Waals surface area contributed by atoms with Gasteiger partial charge in [0.25, 0.3) is 0 Å². The van der Waals surface area contributed by atoms with E-state index in [0.717, 1.165) is 12.1 Å². The first-order chi connectivity index (χ1) is 7.45. The SMILES string of the molecule is NCCC=Cc1cc(C(F)(F)F)ccc1N. The summed E-state index contributed by atoms with van der Waals surface area (Å²) >= 11 is 0. The fourth-order valence-corrected chi connectivity index (χ4v) is 1.20. The number of nitrogens with two attached hydrogens (primary N) is 2. The predicted octanol–water partition coefficient (Wildman–Crippen LogP) is 2.65. The number of halogens is 3. The third-order valence-corrected chi connectivity index (χ3v) is 2.04. The third-order valence-electron chi connectivity index (χ3n) is 2.04. The third kappa shape index (κ3) is 3.27. The average molecular weight is 230 g/mol. The Balaban J connectivity index is 3.00. The first-order valence-corrected chi connectivity index (χ1v) is 4.78. The Labute approximate surface area is 91.7 Å². The van der Waals surface area contributed by atoms with Crippen LogP contribution < -0.4 is 11.5 Å². The smallest absolute Gasteiger partial charge is 0.398 e. The average Bonchev–Trinajstić information content (AvgIpc) is 2.19. The van der Waals surface area contributed by atoms with Gasteiger partial charge in [-0.05, 0) is 36.7 Å². The highest BCUT2D eigenvalue weighted by Crippen LogP contribution is 2.31. The van der Waals surface area contributed by atoms with E-state index in [1.807, 2.05) is 0 Å². The minimum Gasteiger partial charge on any atom is -0.398 e. The van der Waals surface area contributed by atoms with Gasteiger partial charge in [0.15, 0.2) is 0 Å². The zero-order valence-electron chi connectivity index (χ0n) is 8.59. The highest BCUT2D eigenvalue weighted by atomic mass is 19.4. The van der Waals surface area contributed by atoms with Gasteiger partial charge in [-0.2, -0.15) is 13.2 Å². The highest BCUT2D eigenvalue weighted by molar-refractivity contribution is 5.65. The van der Waals surface area contributed by atoms with Gasteiger partial charge in [-0.15, -0.1) is 0 Å².